The molecule has 2 aliphatic rings. The minimum Gasteiger partial charge on any atom is -0.474 e. The quantitative estimate of drug-likeness (QED) is 0.628. The number of hydrogen-bond acceptors (Lipinski definition) is 9. The van der Waals surface area contributed by atoms with Crippen LogP contribution in [0.5, 0.6) is 17.5 Å². The van der Waals surface area contributed by atoms with Crippen LogP contribution in [0.2, 0.25) is 0 Å². The van der Waals surface area contributed by atoms with Crippen molar-refractivity contribution in [2.75, 3.05) is 44.3 Å². The van der Waals surface area contributed by atoms with E-state index in [9.17, 15) is 9.18 Å². The summed E-state index contributed by atoms with van der Waals surface area (Å²) >= 11 is 0. The minimum atomic E-state index is -0.470. The molecule has 160 valence electrons. The third-order valence-electron chi connectivity index (χ3n) is 5.00. The maximum Gasteiger partial charge on any atom is 0.312 e. The molecule has 4 rings (SSSR count). The van der Waals surface area contributed by atoms with Gasteiger partial charge in [0.15, 0.2) is 11.6 Å². The van der Waals surface area contributed by atoms with Crippen molar-refractivity contribution in [3.63, 3.8) is 0 Å². The first kappa shape index (κ1) is 20.3. The van der Waals surface area contributed by atoms with Crippen LogP contribution in [0.15, 0.2) is 30.6 Å². The minimum absolute atomic E-state index is 0.0659. The topological polar surface area (TPSA) is 86.2 Å². The number of morpholine rings is 1. The van der Waals surface area contributed by atoms with Crippen molar-refractivity contribution in [1.29, 1.82) is 0 Å². The Labute approximate surface area is 173 Å². The number of piperidine rings is 1. The lowest BCUT2D eigenvalue weighted by molar-refractivity contribution is -0.181. The van der Waals surface area contributed by atoms with Crippen LogP contribution in [0.1, 0.15) is 12.8 Å². The van der Waals surface area contributed by atoms with E-state index in [1.54, 1.807) is 11.1 Å². The van der Waals surface area contributed by atoms with Gasteiger partial charge in [0.1, 0.15) is 12.4 Å². The van der Waals surface area contributed by atoms with Crippen molar-refractivity contribution >= 4 is 12.2 Å². The number of carbonyl (C=O) groups excluding carboxylic acids is 1. The summed E-state index contributed by atoms with van der Waals surface area (Å²) in [5.41, 5.74) is 0.791. The Morgan fingerprint density at radius 2 is 1.83 bits per heavy atom. The highest BCUT2D eigenvalue weighted by Gasteiger charge is 2.22. The molecule has 0 aliphatic carbocycles. The van der Waals surface area contributed by atoms with Gasteiger partial charge < -0.3 is 23.9 Å². The van der Waals surface area contributed by atoms with E-state index < -0.39 is 5.82 Å². The van der Waals surface area contributed by atoms with E-state index in [0.29, 0.717) is 51.5 Å². The smallest absolute Gasteiger partial charge is 0.312 e. The second-order valence-corrected chi connectivity index (χ2v) is 6.96. The number of aromatic nitrogens is 2. The van der Waals surface area contributed by atoms with Gasteiger partial charge in [0, 0.05) is 50.8 Å². The monoisotopic (exact) mass is 418 g/mol. The van der Waals surface area contributed by atoms with Crippen molar-refractivity contribution in [3.05, 3.63) is 36.4 Å². The van der Waals surface area contributed by atoms with Gasteiger partial charge in [-0.2, -0.15) is 0 Å². The highest BCUT2D eigenvalue weighted by atomic mass is 19.1. The summed E-state index contributed by atoms with van der Waals surface area (Å²) in [7, 11) is 0. The summed E-state index contributed by atoms with van der Waals surface area (Å²) in [6, 6.07) is 6.39. The molecule has 2 saturated heterocycles. The fourth-order valence-electron chi connectivity index (χ4n) is 3.43. The molecule has 0 spiro atoms. The molecule has 0 bridgehead atoms. The SMILES string of the molecule is O=CON1CCC(Oc2cc(Oc3ccc(N4CCOCC4)cc3F)ncn2)CC1. The molecule has 1 aromatic heterocycles. The molecular formula is C20H23FN4O5. The van der Waals surface area contributed by atoms with E-state index in [2.05, 4.69) is 14.9 Å². The number of rotatable bonds is 7. The van der Waals surface area contributed by atoms with Gasteiger partial charge in [-0.05, 0) is 12.1 Å². The predicted octanol–water partition coefficient (Wildman–Crippen LogP) is 2.18. The second kappa shape index (κ2) is 9.68. The summed E-state index contributed by atoms with van der Waals surface area (Å²) in [4.78, 5) is 25.4. The number of carbonyl (C=O) groups is 1. The zero-order valence-corrected chi connectivity index (χ0v) is 16.4. The molecule has 10 heteroatoms. The van der Waals surface area contributed by atoms with Crippen LogP contribution in [0.25, 0.3) is 0 Å². The molecule has 2 aliphatic heterocycles. The van der Waals surface area contributed by atoms with Crippen LogP contribution in [0, 0.1) is 5.82 Å². The number of ether oxygens (including phenoxy) is 3. The van der Waals surface area contributed by atoms with E-state index in [1.165, 1.54) is 18.5 Å². The highest BCUT2D eigenvalue weighted by Crippen LogP contribution is 2.29. The van der Waals surface area contributed by atoms with Crippen LogP contribution < -0.4 is 14.4 Å². The van der Waals surface area contributed by atoms with Crippen molar-refractivity contribution in [2.24, 2.45) is 0 Å². The molecule has 2 aromatic rings. The molecule has 2 fully saturated rings. The highest BCUT2D eigenvalue weighted by molar-refractivity contribution is 5.50. The molecular weight excluding hydrogens is 395 g/mol. The van der Waals surface area contributed by atoms with E-state index in [0.717, 1.165) is 18.8 Å². The second-order valence-electron chi connectivity index (χ2n) is 6.96. The lowest BCUT2D eigenvalue weighted by Gasteiger charge is -2.29. The van der Waals surface area contributed by atoms with Crippen LogP contribution in [-0.2, 0) is 14.4 Å². The summed E-state index contributed by atoms with van der Waals surface area (Å²) < 4.78 is 31.4. The van der Waals surface area contributed by atoms with Crippen molar-refractivity contribution in [1.82, 2.24) is 15.0 Å². The van der Waals surface area contributed by atoms with E-state index >= 15 is 0 Å². The summed E-state index contributed by atoms with van der Waals surface area (Å²) in [6.07, 6.45) is 2.62. The zero-order valence-electron chi connectivity index (χ0n) is 16.4. The Hall–Kier alpha value is -2.98. The van der Waals surface area contributed by atoms with Gasteiger partial charge in [-0.15, -0.1) is 5.06 Å². The number of hydroxylamine groups is 2. The molecule has 0 radical (unpaired) electrons. The Morgan fingerprint density at radius 3 is 2.57 bits per heavy atom. The van der Waals surface area contributed by atoms with Crippen molar-refractivity contribution in [2.45, 2.75) is 18.9 Å². The molecule has 3 heterocycles. The standard InChI is InChI=1S/C20H23FN4O5/c21-17-11-15(24-7-9-27-10-8-24)1-2-18(17)30-20-12-19(22-13-23-20)29-16-3-5-25(6-4-16)28-14-26/h1-2,11-14,16H,3-10H2. The van der Waals surface area contributed by atoms with Gasteiger partial charge in [0.2, 0.25) is 11.8 Å². The van der Waals surface area contributed by atoms with Gasteiger partial charge in [-0.1, -0.05) is 0 Å². The van der Waals surface area contributed by atoms with Crippen LogP contribution >= 0.6 is 0 Å². The molecule has 0 amide bonds. The number of hydrogen-bond donors (Lipinski definition) is 0. The summed E-state index contributed by atoms with van der Waals surface area (Å²) in [5, 5.41) is 1.59. The zero-order chi connectivity index (χ0) is 20.8. The molecule has 30 heavy (non-hydrogen) atoms. The van der Waals surface area contributed by atoms with E-state index in [4.69, 9.17) is 19.0 Å². The summed E-state index contributed by atoms with van der Waals surface area (Å²) in [6.45, 7) is 4.30. The first-order valence-corrected chi connectivity index (χ1v) is 9.85. The Kier molecular flexibility index (Phi) is 6.55. The Balaban J connectivity index is 1.36. The summed E-state index contributed by atoms with van der Waals surface area (Å²) in [5.74, 6) is 0.151. The van der Waals surface area contributed by atoms with Gasteiger partial charge in [-0.3, -0.25) is 4.79 Å². The van der Waals surface area contributed by atoms with Crippen molar-refractivity contribution < 1.29 is 28.2 Å². The van der Waals surface area contributed by atoms with Gasteiger partial charge in [0.05, 0.1) is 19.3 Å². The maximum absolute atomic E-state index is 14.6. The molecule has 0 saturated carbocycles. The third-order valence-corrected chi connectivity index (χ3v) is 5.00. The average molecular weight is 418 g/mol. The first-order valence-electron chi connectivity index (χ1n) is 9.85. The van der Waals surface area contributed by atoms with Crippen LogP contribution in [0.4, 0.5) is 10.1 Å². The van der Waals surface area contributed by atoms with E-state index in [-0.39, 0.29) is 17.7 Å². The normalized spacial score (nSPS) is 18.1. The fourth-order valence-corrected chi connectivity index (χ4v) is 3.43. The van der Waals surface area contributed by atoms with Gasteiger partial charge in [0.25, 0.3) is 0 Å². The van der Waals surface area contributed by atoms with Crippen LogP contribution in [0.3, 0.4) is 0 Å². The number of halogens is 1. The van der Waals surface area contributed by atoms with Crippen molar-refractivity contribution in [3.8, 4) is 17.5 Å². The molecule has 0 atom stereocenters. The lowest BCUT2D eigenvalue weighted by Crippen LogP contribution is -2.38. The number of anilines is 1. The average Bonchev–Trinajstić information content (AvgIpc) is 2.78. The third kappa shape index (κ3) is 5.14. The van der Waals surface area contributed by atoms with Crippen LogP contribution in [-0.4, -0.2) is 67.0 Å². The Bertz CT molecular complexity index is 857. The fraction of sp³-hybridized carbons (Fsp3) is 0.450. The van der Waals surface area contributed by atoms with Gasteiger partial charge >= 0.3 is 6.47 Å². The number of nitrogens with zero attached hydrogens (tertiary/aromatic N) is 4. The largest absolute Gasteiger partial charge is 0.474 e. The maximum atomic E-state index is 14.6. The molecule has 0 N–H and O–H groups in total. The molecule has 9 nitrogen and oxygen atoms in total. The lowest BCUT2D eigenvalue weighted by atomic mass is 10.1. The molecule has 0 unspecified atom stereocenters. The molecule has 1 aromatic carbocycles. The predicted molar refractivity (Wildman–Crippen MR) is 104 cm³/mol. The van der Waals surface area contributed by atoms with Gasteiger partial charge in [-0.25, -0.2) is 14.4 Å². The Morgan fingerprint density at radius 1 is 1.07 bits per heavy atom. The van der Waals surface area contributed by atoms with E-state index in [1.807, 2.05) is 6.07 Å². The first-order chi connectivity index (χ1) is 14.7. The number of benzene rings is 1.